The average Bonchev–Trinajstić information content (AvgIpc) is 1.98. The summed E-state index contributed by atoms with van der Waals surface area (Å²) in [5, 5.41) is 8.71. The van der Waals surface area contributed by atoms with Crippen LogP contribution in [0.4, 0.5) is 0 Å². The number of carboxylic acid groups (broad SMARTS) is 1. The molecule has 11 heavy (non-hydrogen) atoms. The summed E-state index contributed by atoms with van der Waals surface area (Å²) < 4.78 is 3.69. The molecule has 0 aliphatic carbocycles. The van der Waals surface area contributed by atoms with Crippen LogP contribution in [0.5, 0.6) is 0 Å². The summed E-state index contributed by atoms with van der Waals surface area (Å²) >= 11 is 1.79. The van der Waals surface area contributed by atoms with E-state index in [4.69, 9.17) is 5.11 Å². The van der Waals surface area contributed by atoms with Crippen molar-refractivity contribution in [2.24, 2.45) is 15.0 Å². The normalized spacial score (nSPS) is 16.6. The molecule has 0 fully saturated rings. The summed E-state index contributed by atoms with van der Waals surface area (Å²) in [7, 11) is 0. The van der Waals surface area contributed by atoms with Crippen molar-refractivity contribution in [3.63, 3.8) is 0 Å². The highest BCUT2D eigenvalue weighted by Crippen LogP contribution is 2.13. The van der Waals surface area contributed by atoms with Gasteiger partial charge in [-0.3, -0.25) is 4.79 Å². The first-order chi connectivity index (χ1) is 5.13. The largest absolute Gasteiger partial charge is 0.481 e. The zero-order valence-electron chi connectivity index (χ0n) is 6.62. The topological polar surface area (TPSA) is 49.7 Å². The molecule has 0 saturated heterocycles. The van der Waals surface area contributed by atoms with Crippen molar-refractivity contribution >= 4 is 35.0 Å². The number of nitrogens with zero attached hydrogens (tertiary/aromatic N) is 1. The summed E-state index contributed by atoms with van der Waals surface area (Å²) in [6, 6.07) is 0. The van der Waals surface area contributed by atoms with Gasteiger partial charge < -0.3 is 5.11 Å². The van der Waals surface area contributed by atoms with E-state index >= 15 is 0 Å². The standard InChI is InChI=1S/C7H12INO2/c1-3-5(2)6(4-9-8)7(10)11/h4-6H,3H2,1-2H3,(H,10,11)/b9-4-/t5-,6+/m1/s1. The van der Waals surface area contributed by atoms with Gasteiger partial charge in [-0.15, -0.1) is 0 Å². The van der Waals surface area contributed by atoms with E-state index in [2.05, 4.69) is 3.21 Å². The molecule has 0 amide bonds. The van der Waals surface area contributed by atoms with Crippen LogP contribution < -0.4 is 0 Å². The van der Waals surface area contributed by atoms with Crippen LogP contribution in [-0.4, -0.2) is 17.3 Å². The van der Waals surface area contributed by atoms with Crippen LogP contribution in [0.3, 0.4) is 0 Å². The first-order valence-corrected chi connectivity index (χ1v) is 4.47. The van der Waals surface area contributed by atoms with Gasteiger partial charge in [0.15, 0.2) is 0 Å². The fourth-order valence-electron chi connectivity index (χ4n) is 0.769. The van der Waals surface area contributed by atoms with E-state index in [9.17, 15) is 4.79 Å². The van der Waals surface area contributed by atoms with Crippen LogP contribution in [0, 0.1) is 11.8 Å². The fraction of sp³-hybridized carbons (Fsp3) is 0.714. The molecule has 0 unspecified atom stereocenters. The summed E-state index contributed by atoms with van der Waals surface area (Å²) in [4.78, 5) is 10.6. The zero-order chi connectivity index (χ0) is 8.85. The van der Waals surface area contributed by atoms with Gasteiger partial charge in [-0.05, 0) is 5.92 Å². The Bertz CT molecular complexity index is 159. The maximum absolute atomic E-state index is 10.6. The molecule has 0 aromatic rings. The Morgan fingerprint density at radius 2 is 2.36 bits per heavy atom. The lowest BCUT2D eigenvalue weighted by Gasteiger charge is -2.12. The maximum Gasteiger partial charge on any atom is 0.312 e. The quantitative estimate of drug-likeness (QED) is 0.628. The Kier molecular flexibility index (Phi) is 5.45. The number of aliphatic carboxylic acids is 1. The number of rotatable bonds is 4. The minimum atomic E-state index is -0.792. The molecule has 0 aliphatic rings. The van der Waals surface area contributed by atoms with Crippen LogP contribution in [0.25, 0.3) is 0 Å². The van der Waals surface area contributed by atoms with Crippen molar-refractivity contribution in [2.75, 3.05) is 0 Å². The molecule has 3 nitrogen and oxygen atoms in total. The number of hydrogen-bond donors (Lipinski definition) is 1. The lowest BCUT2D eigenvalue weighted by atomic mass is 9.93. The van der Waals surface area contributed by atoms with Gasteiger partial charge in [0.2, 0.25) is 0 Å². The molecule has 0 aromatic carbocycles. The fourth-order valence-corrected chi connectivity index (χ4v) is 1.12. The molecule has 0 rings (SSSR count). The van der Waals surface area contributed by atoms with Crippen LogP contribution in [0.15, 0.2) is 3.21 Å². The van der Waals surface area contributed by atoms with E-state index < -0.39 is 11.9 Å². The third-order valence-electron chi connectivity index (χ3n) is 1.76. The smallest absolute Gasteiger partial charge is 0.312 e. The highest BCUT2D eigenvalue weighted by Gasteiger charge is 2.20. The highest BCUT2D eigenvalue weighted by atomic mass is 127. The van der Waals surface area contributed by atoms with Gasteiger partial charge in [0, 0.05) is 6.21 Å². The SMILES string of the molecule is CC[C@@H](C)[C@H](/C=N\I)C(=O)O. The molecular weight excluding hydrogens is 257 g/mol. The maximum atomic E-state index is 10.6. The van der Waals surface area contributed by atoms with Crippen LogP contribution >= 0.6 is 22.9 Å². The van der Waals surface area contributed by atoms with Crippen molar-refractivity contribution in [2.45, 2.75) is 20.3 Å². The second-order valence-corrected chi connectivity index (χ2v) is 3.05. The molecule has 0 saturated carbocycles. The van der Waals surface area contributed by atoms with Crippen molar-refractivity contribution in [1.29, 1.82) is 0 Å². The molecule has 0 bridgehead atoms. The first kappa shape index (κ1) is 10.9. The van der Waals surface area contributed by atoms with Gasteiger partial charge in [0.05, 0.1) is 28.8 Å². The van der Waals surface area contributed by atoms with Gasteiger partial charge >= 0.3 is 5.97 Å². The summed E-state index contributed by atoms with van der Waals surface area (Å²) in [6.45, 7) is 3.89. The number of hydrogen-bond acceptors (Lipinski definition) is 2. The molecule has 0 spiro atoms. The van der Waals surface area contributed by atoms with Gasteiger partial charge in [-0.25, -0.2) is 3.21 Å². The molecule has 2 atom stereocenters. The summed E-state index contributed by atoms with van der Waals surface area (Å²) in [5.74, 6) is -1.07. The molecule has 0 aromatic heterocycles. The Labute approximate surface area is 80.4 Å². The van der Waals surface area contributed by atoms with Gasteiger partial charge in [-0.2, -0.15) is 0 Å². The van der Waals surface area contributed by atoms with Crippen molar-refractivity contribution in [3.8, 4) is 0 Å². The highest BCUT2D eigenvalue weighted by molar-refractivity contribution is 14.1. The monoisotopic (exact) mass is 269 g/mol. The lowest BCUT2D eigenvalue weighted by molar-refractivity contribution is -0.140. The Balaban J connectivity index is 4.21. The van der Waals surface area contributed by atoms with Gasteiger partial charge in [0.25, 0.3) is 0 Å². The average molecular weight is 269 g/mol. The van der Waals surface area contributed by atoms with Crippen LogP contribution in [0.2, 0.25) is 0 Å². The Morgan fingerprint density at radius 1 is 1.82 bits per heavy atom. The summed E-state index contributed by atoms with van der Waals surface area (Å²) in [5.41, 5.74) is 0. The van der Waals surface area contributed by atoms with E-state index in [0.29, 0.717) is 0 Å². The predicted octanol–water partition coefficient (Wildman–Crippen LogP) is 2.15. The number of carboxylic acids is 1. The van der Waals surface area contributed by atoms with Gasteiger partial charge in [-0.1, -0.05) is 20.3 Å². The van der Waals surface area contributed by atoms with Crippen LogP contribution in [-0.2, 0) is 4.79 Å². The molecule has 4 heteroatoms. The second kappa shape index (κ2) is 5.51. The third-order valence-corrected chi connectivity index (χ3v) is 2.08. The molecule has 0 aliphatic heterocycles. The van der Waals surface area contributed by atoms with Crippen LogP contribution in [0.1, 0.15) is 20.3 Å². The minimum Gasteiger partial charge on any atom is -0.481 e. The van der Waals surface area contributed by atoms with E-state index in [0.717, 1.165) is 6.42 Å². The Morgan fingerprint density at radius 3 is 2.64 bits per heavy atom. The molecule has 64 valence electrons. The second-order valence-electron chi connectivity index (χ2n) is 2.50. The number of carbonyl (C=O) groups is 1. The van der Waals surface area contributed by atoms with Crippen molar-refractivity contribution in [3.05, 3.63) is 0 Å². The van der Waals surface area contributed by atoms with Crippen molar-refractivity contribution in [1.82, 2.24) is 0 Å². The lowest BCUT2D eigenvalue weighted by Crippen LogP contribution is -2.22. The summed E-state index contributed by atoms with van der Waals surface area (Å²) in [6.07, 6.45) is 2.34. The predicted molar refractivity (Wildman–Crippen MR) is 53.1 cm³/mol. The zero-order valence-corrected chi connectivity index (χ0v) is 8.78. The molecular formula is C7H12INO2. The van der Waals surface area contributed by atoms with Gasteiger partial charge in [0.1, 0.15) is 0 Å². The van der Waals surface area contributed by atoms with E-state index in [1.807, 2.05) is 13.8 Å². The third kappa shape index (κ3) is 3.69. The first-order valence-electron chi connectivity index (χ1n) is 3.50. The number of halogens is 1. The molecule has 0 radical (unpaired) electrons. The van der Waals surface area contributed by atoms with Crippen molar-refractivity contribution < 1.29 is 9.90 Å². The van der Waals surface area contributed by atoms with E-state index in [-0.39, 0.29) is 5.92 Å². The minimum absolute atomic E-state index is 0.158. The van der Waals surface area contributed by atoms with E-state index in [1.165, 1.54) is 6.21 Å². The Hall–Kier alpha value is -0.130. The van der Waals surface area contributed by atoms with E-state index in [1.54, 1.807) is 22.9 Å². The molecule has 1 N–H and O–H groups in total. The molecule has 0 heterocycles.